The van der Waals surface area contributed by atoms with E-state index in [4.69, 9.17) is 0 Å². The van der Waals surface area contributed by atoms with Gasteiger partial charge in [0.25, 0.3) is 5.56 Å². The van der Waals surface area contributed by atoms with E-state index >= 15 is 0 Å². The summed E-state index contributed by atoms with van der Waals surface area (Å²) in [6.07, 6.45) is 1.51. The van der Waals surface area contributed by atoms with Crippen LogP contribution in [0.25, 0.3) is 0 Å². The normalized spacial score (nSPS) is 10.9. The average molecular weight is 151 g/mol. The number of nitrogens with one attached hydrogen (secondary N) is 2. The quantitative estimate of drug-likeness (QED) is 0.374. The minimum Gasteiger partial charge on any atom is -0.321 e. The third-order valence-corrected chi connectivity index (χ3v) is 1.56. The fraction of sp³-hybridized carbons (Fsp3) is 0.200. The van der Waals surface area contributed by atoms with Crippen molar-refractivity contribution in [3.63, 3.8) is 0 Å². The molecule has 0 saturated heterocycles. The molecule has 0 atom stereocenters. The Morgan fingerprint density at radius 2 is 2.30 bits per heavy atom. The topological polar surface area (TPSA) is 61.0 Å². The molecule has 5 heteroatoms. The number of aliphatic imine (C=N–C) groups is 1. The first-order chi connectivity index (χ1) is 4.75. The Balaban J connectivity index is 3.23. The lowest BCUT2D eigenvalue weighted by Gasteiger charge is -1.83. The van der Waals surface area contributed by atoms with Gasteiger partial charge in [0.05, 0.1) is 5.56 Å². The van der Waals surface area contributed by atoms with Crippen molar-refractivity contribution in [2.24, 2.45) is 4.99 Å². The fourth-order valence-electron chi connectivity index (χ4n) is 0.638. The molecule has 1 aromatic heterocycles. The van der Waals surface area contributed by atoms with Gasteiger partial charge in [-0.15, -0.1) is 0 Å². The van der Waals surface area contributed by atoms with E-state index in [0.717, 1.165) is 4.56 Å². The largest absolute Gasteiger partial charge is 0.321 e. The van der Waals surface area contributed by atoms with Crippen LogP contribution in [0.1, 0.15) is 5.56 Å². The van der Waals surface area contributed by atoms with Crippen LogP contribution in [-0.4, -0.2) is 39.7 Å². The molecule has 2 N–H and O–H groups in total. The first-order valence-electron chi connectivity index (χ1n) is 2.74. The smallest absolute Gasteiger partial charge is 0.271 e. The number of rotatable bonds is 1. The summed E-state index contributed by atoms with van der Waals surface area (Å²) >= 11 is 2.40. The van der Waals surface area contributed by atoms with Gasteiger partial charge in [0, 0.05) is 13.3 Å². The Kier molecular flexibility index (Phi) is 2.10. The van der Waals surface area contributed by atoms with E-state index in [-0.39, 0.29) is 5.56 Å². The number of H-pyrrole nitrogens is 2. The summed E-state index contributed by atoms with van der Waals surface area (Å²) in [7, 11) is 1.62. The monoisotopic (exact) mass is 151 g/mol. The lowest BCUT2D eigenvalue weighted by Crippen LogP contribution is -2.14. The van der Waals surface area contributed by atoms with Gasteiger partial charge < -0.3 is 5.10 Å². The van der Waals surface area contributed by atoms with Gasteiger partial charge >= 0.3 is 0 Å². The molecule has 0 unspecified atom stereocenters. The van der Waals surface area contributed by atoms with E-state index in [1.807, 2.05) is 0 Å². The number of aromatic amines is 2. The van der Waals surface area contributed by atoms with Crippen molar-refractivity contribution >= 4 is 27.1 Å². The molecule has 0 bridgehead atoms. The zero-order chi connectivity index (χ0) is 7.56. The van der Waals surface area contributed by atoms with Gasteiger partial charge in [0.2, 0.25) is 16.3 Å². The molecule has 0 fully saturated rings. The van der Waals surface area contributed by atoms with E-state index < -0.39 is 0 Å². The van der Waals surface area contributed by atoms with Gasteiger partial charge in [-0.3, -0.25) is 14.9 Å². The van der Waals surface area contributed by atoms with Crippen molar-refractivity contribution in [3.8, 4) is 0 Å². The van der Waals surface area contributed by atoms with Crippen molar-refractivity contribution in [1.82, 2.24) is 10.2 Å². The van der Waals surface area contributed by atoms with Crippen LogP contribution in [0.3, 0.4) is 0 Å². The van der Waals surface area contributed by atoms with E-state index in [2.05, 4.69) is 31.5 Å². The Morgan fingerprint density at radius 1 is 1.60 bits per heavy atom. The zero-order valence-corrected chi connectivity index (χ0v) is 6.66. The minimum atomic E-state index is -0.143. The molecule has 0 aromatic carbocycles. The van der Waals surface area contributed by atoms with Crippen molar-refractivity contribution in [1.29, 1.82) is 0 Å². The molecule has 0 aliphatic carbocycles. The lowest BCUT2D eigenvalue weighted by atomic mass is 10.4. The van der Waals surface area contributed by atoms with Crippen molar-refractivity contribution < 1.29 is 0 Å². The minimum absolute atomic E-state index is 0.143. The van der Waals surface area contributed by atoms with Crippen LogP contribution in [0.4, 0.5) is 0 Å². The molecular formula is C5H6AlN3O. The summed E-state index contributed by atoms with van der Waals surface area (Å²) < 4.78 is 0.732. The number of aromatic nitrogens is 2. The molecule has 0 aliphatic rings. The molecule has 1 heterocycles. The van der Waals surface area contributed by atoms with Crippen LogP contribution in [0.15, 0.2) is 9.79 Å². The predicted molar refractivity (Wildman–Crippen MR) is 40.3 cm³/mol. The van der Waals surface area contributed by atoms with Gasteiger partial charge in [-0.1, -0.05) is 4.56 Å². The van der Waals surface area contributed by atoms with Crippen LogP contribution in [-0.2, 0) is 0 Å². The van der Waals surface area contributed by atoms with Crippen LogP contribution in [0.5, 0.6) is 0 Å². The summed E-state index contributed by atoms with van der Waals surface area (Å²) in [5, 5.41) is 5.08. The second-order valence-electron chi connectivity index (χ2n) is 1.79. The summed E-state index contributed by atoms with van der Waals surface area (Å²) in [6.45, 7) is 0. The lowest BCUT2D eigenvalue weighted by molar-refractivity contribution is 1.07. The second kappa shape index (κ2) is 2.86. The average Bonchev–Trinajstić information content (AvgIpc) is 2.20. The number of hydrogen-bond acceptors (Lipinski definition) is 2. The Labute approximate surface area is 65.8 Å². The SMILES string of the molecule is CN=Cc1[c]([Al])[nH][nH]c1=O. The van der Waals surface area contributed by atoms with E-state index in [9.17, 15) is 4.79 Å². The highest BCUT2D eigenvalue weighted by Crippen LogP contribution is 1.73. The molecular weight excluding hydrogens is 145 g/mol. The summed E-state index contributed by atoms with van der Waals surface area (Å²) in [5.74, 6) is 0. The van der Waals surface area contributed by atoms with Crippen molar-refractivity contribution in [2.75, 3.05) is 7.05 Å². The van der Waals surface area contributed by atoms with Crippen LogP contribution >= 0.6 is 0 Å². The molecule has 1 aromatic rings. The van der Waals surface area contributed by atoms with E-state index in [1.54, 1.807) is 7.05 Å². The molecule has 4 nitrogen and oxygen atoms in total. The molecule has 0 aliphatic heterocycles. The maximum atomic E-state index is 10.8. The zero-order valence-electron chi connectivity index (χ0n) is 5.51. The second-order valence-corrected chi connectivity index (χ2v) is 2.37. The molecule has 0 saturated carbocycles. The van der Waals surface area contributed by atoms with Gasteiger partial charge in [-0.05, 0) is 0 Å². The standard InChI is InChI=1S/C5H6N3O.Al/c1-6-2-4-3-7-8-5(4)9;/h2H,1H3,(H2,7,8,9);. The molecule has 1 rings (SSSR count). The van der Waals surface area contributed by atoms with Crippen LogP contribution in [0.2, 0.25) is 0 Å². The predicted octanol–water partition coefficient (Wildman–Crippen LogP) is -1.45. The molecule has 2 radical (unpaired) electrons. The van der Waals surface area contributed by atoms with E-state index in [0.29, 0.717) is 5.56 Å². The number of nitrogens with zero attached hydrogens (tertiary/aromatic N) is 1. The summed E-state index contributed by atoms with van der Waals surface area (Å²) in [6, 6.07) is 0. The van der Waals surface area contributed by atoms with Gasteiger partial charge in [0.15, 0.2) is 0 Å². The summed E-state index contributed by atoms with van der Waals surface area (Å²) in [4.78, 5) is 14.6. The highest BCUT2D eigenvalue weighted by Gasteiger charge is 1.98. The highest BCUT2D eigenvalue weighted by atomic mass is 27.0. The van der Waals surface area contributed by atoms with Crippen LogP contribution < -0.4 is 10.1 Å². The first-order valence-corrected chi connectivity index (χ1v) is 3.31. The van der Waals surface area contributed by atoms with Gasteiger partial charge in [-0.25, -0.2) is 0 Å². The molecule has 0 spiro atoms. The molecule has 0 amide bonds. The van der Waals surface area contributed by atoms with Gasteiger partial charge in [0.1, 0.15) is 0 Å². The molecule has 10 heavy (non-hydrogen) atoms. The van der Waals surface area contributed by atoms with Crippen LogP contribution in [0, 0.1) is 0 Å². The maximum Gasteiger partial charge on any atom is 0.271 e. The van der Waals surface area contributed by atoms with Gasteiger partial charge in [-0.2, -0.15) is 0 Å². The first kappa shape index (κ1) is 7.32. The Bertz CT molecular complexity index is 298. The van der Waals surface area contributed by atoms with Crippen molar-refractivity contribution in [3.05, 3.63) is 15.9 Å². The highest BCUT2D eigenvalue weighted by molar-refractivity contribution is 6.33. The third kappa shape index (κ3) is 1.20. The van der Waals surface area contributed by atoms with E-state index in [1.165, 1.54) is 6.21 Å². The Morgan fingerprint density at radius 3 is 2.70 bits per heavy atom. The molecule has 50 valence electrons. The Hall–Kier alpha value is -0.788. The van der Waals surface area contributed by atoms with Crippen molar-refractivity contribution in [2.45, 2.75) is 0 Å². The maximum absolute atomic E-state index is 10.8. The summed E-state index contributed by atoms with van der Waals surface area (Å²) in [5.41, 5.74) is 0.420. The third-order valence-electron chi connectivity index (χ3n) is 1.10. The number of hydrogen-bond donors (Lipinski definition) is 2. The fourth-order valence-corrected chi connectivity index (χ4v) is 0.916.